The standard InChI is InChI=1S/C12H17FN2O/c1-16-12-8-11(9(13)7-10(12)14)15-5-3-2-4-6-15/h7-8H,2-6,14H2,1H3. The number of hydrogen-bond donors (Lipinski definition) is 1. The molecule has 0 aliphatic carbocycles. The minimum Gasteiger partial charge on any atom is -0.495 e. The molecule has 4 heteroatoms. The zero-order chi connectivity index (χ0) is 11.5. The molecule has 0 atom stereocenters. The Balaban J connectivity index is 2.31. The van der Waals surface area contributed by atoms with Gasteiger partial charge in [0.25, 0.3) is 0 Å². The number of ether oxygens (including phenoxy) is 1. The van der Waals surface area contributed by atoms with Crippen molar-refractivity contribution in [2.24, 2.45) is 0 Å². The molecule has 0 saturated carbocycles. The first-order valence-corrected chi connectivity index (χ1v) is 5.60. The van der Waals surface area contributed by atoms with E-state index >= 15 is 0 Å². The SMILES string of the molecule is COc1cc(N2CCCCC2)c(F)cc1N. The molecule has 1 heterocycles. The van der Waals surface area contributed by atoms with Crippen LogP contribution in [0.1, 0.15) is 19.3 Å². The summed E-state index contributed by atoms with van der Waals surface area (Å²) < 4.78 is 18.9. The predicted molar refractivity (Wildman–Crippen MR) is 63.4 cm³/mol. The summed E-state index contributed by atoms with van der Waals surface area (Å²) in [6.07, 6.45) is 3.46. The Hall–Kier alpha value is -1.45. The van der Waals surface area contributed by atoms with Gasteiger partial charge in [0.05, 0.1) is 18.5 Å². The van der Waals surface area contributed by atoms with E-state index in [0.717, 1.165) is 25.9 Å². The number of rotatable bonds is 2. The number of hydrogen-bond acceptors (Lipinski definition) is 3. The van der Waals surface area contributed by atoms with E-state index < -0.39 is 0 Å². The monoisotopic (exact) mass is 224 g/mol. The zero-order valence-corrected chi connectivity index (χ0v) is 9.50. The van der Waals surface area contributed by atoms with Gasteiger partial charge >= 0.3 is 0 Å². The molecule has 1 aromatic rings. The lowest BCUT2D eigenvalue weighted by molar-refractivity contribution is 0.415. The van der Waals surface area contributed by atoms with Crippen molar-refractivity contribution in [3.63, 3.8) is 0 Å². The molecule has 88 valence electrons. The summed E-state index contributed by atoms with van der Waals surface area (Å²) in [6, 6.07) is 3.03. The van der Waals surface area contributed by atoms with E-state index in [1.165, 1.54) is 12.5 Å². The first-order valence-electron chi connectivity index (χ1n) is 5.60. The van der Waals surface area contributed by atoms with Crippen LogP contribution in [-0.2, 0) is 0 Å². The molecule has 1 aromatic carbocycles. The van der Waals surface area contributed by atoms with E-state index in [4.69, 9.17) is 10.5 Å². The highest BCUT2D eigenvalue weighted by atomic mass is 19.1. The number of nitrogens with two attached hydrogens (primary N) is 1. The van der Waals surface area contributed by atoms with Gasteiger partial charge in [0.1, 0.15) is 11.6 Å². The lowest BCUT2D eigenvalue weighted by Crippen LogP contribution is -2.30. The number of benzene rings is 1. The second-order valence-electron chi connectivity index (χ2n) is 4.09. The summed E-state index contributed by atoms with van der Waals surface area (Å²) in [4.78, 5) is 2.06. The highest BCUT2D eigenvalue weighted by Gasteiger charge is 2.16. The van der Waals surface area contributed by atoms with Gasteiger partial charge in [0, 0.05) is 25.2 Å². The first-order chi connectivity index (χ1) is 7.72. The number of anilines is 2. The third-order valence-corrected chi connectivity index (χ3v) is 3.00. The molecular formula is C12H17FN2O. The topological polar surface area (TPSA) is 38.5 Å². The third-order valence-electron chi connectivity index (χ3n) is 3.00. The Labute approximate surface area is 95.0 Å². The van der Waals surface area contributed by atoms with Crippen LogP contribution in [0.3, 0.4) is 0 Å². The molecule has 0 spiro atoms. The Morgan fingerprint density at radius 1 is 1.25 bits per heavy atom. The largest absolute Gasteiger partial charge is 0.495 e. The molecule has 0 bridgehead atoms. The highest BCUT2D eigenvalue weighted by Crippen LogP contribution is 2.31. The van der Waals surface area contributed by atoms with E-state index in [0.29, 0.717) is 17.1 Å². The van der Waals surface area contributed by atoms with Crippen LogP contribution in [0.2, 0.25) is 0 Å². The molecule has 2 N–H and O–H groups in total. The molecule has 2 rings (SSSR count). The maximum atomic E-state index is 13.8. The van der Waals surface area contributed by atoms with Gasteiger partial charge in [-0.2, -0.15) is 0 Å². The second-order valence-corrected chi connectivity index (χ2v) is 4.09. The van der Waals surface area contributed by atoms with Crippen LogP contribution < -0.4 is 15.4 Å². The summed E-state index contributed by atoms with van der Waals surface area (Å²) in [5, 5.41) is 0. The molecule has 16 heavy (non-hydrogen) atoms. The molecule has 1 saturated heterocycles. The smallest absolute Gasteiger partial charge is 0.148 e. The van der Waals surface area contributed by atoms with Gasteiger partial charge in [-0.3, -0.25) is 0 Å². The van der Waals surface area contributed by atoms with E-state index in [1.807, 2.05) is 0 Å². The van der Waals surface area contributed by atoms with E-state index in [1.54, 1.807) is 13.2 Å². The molecule has 1 aliphatic rings. The van der Waals surface area contributed by atoms with Crippen molar-refractivity contribution in [1.29, 1.82) is 0 Å². The highest BCUT2D eigenvalue weighted by molar-refractivity contribution is 5.63. The fourth-order valence-electron chi connectivity index (χ4n) is 2.11. The Morgan fingerprint density at radius 2 is 1.94 bits per heavy atom. The summed E-state index contributed by atoms with van der Waals surface area (Å²) in [6.45, 7) is 1.81. The zero-order valence-electron chi connectivity index (χ0n) is 9.50. The van der Waals surface area contributed by atoms with Crippen molar-refractivity contribution in [3.8, 4) is 5.75 Å². The van der Waals surface area contributed by atoms with Crippen molar-refractivity contribution in [2.45, 2.75) is 19.3 Å². The molecule has 0 radical (unpaired) electrons. The van der Waals surface area contributed by atoms with Crippen LogP contribution >= 0.6 is 0 Å². The lowest BCUT2D eigenvalue weighted by Gasteiger charge is -2.29. The van der Waals surface area contributed by atoms with Crippen molar-refractivity contribution < 1.29 is 9.13 Å². The number of piperidine rings is 1. The van der Waals surface area contributed by atoms with Crippen molar-refractivity contribution >= 4 is 11.4 Å². The van der Waals surface area contributed by atoms with Crippen LogP contribution in [0.25, 0.3) is 0 Å². The van der Waals surface area contributed by atoms with Crippen LogP contribution in [0, 0.1) is 5.82 Å². The van der Waals surface area contributed by atoms with Crippen molar-refractivity contribution in [1.82, 2.24) is 0 Å². The minimum atomic E-state index is -0.264. The van der Waals surface area contributed by atoms with E-state index in [2.05, 4.69) is 4.90 Å². The Morgan fingerprint density at radius 3 is 2.56 bits per heavy atom. The number of methoxy groups -OCH3 is 1. The number of nitrogens with zero attached hydrogens (tertiary/aromatic N) is 1. The predicted octanol–water partition coefficient (Wildman–Crippen LogP) is 2.41. The average Bonchev–Trinajstić information content (AvgIpc) is 2.30. The van der Waals surface area contributed by atoms with Gasteiger partial charge in [0.15, 0.2) is 0 Å². The molecule has 1 aliphatic heterocycles. The fourth-order valence-corrected chi connectivity index (χ4v) is 2.11. The van der Waals surface area contributed by atoms with Crippen LogP contribution in [-0.4, -0.2) is 20.2 Å². The van der Waals surface area contributed by atoms with Gasteiger partial charge in [-0.15, -0.1) is 0 Å². The first kappa shape index (κ1) is 11.0. The normalized spacial score (nSPS) is 16.2. The van der Waals surface area contributed by atoms with Crippen molar-refractivity contribution in [2.75, 3.05) is 30.8 Å². The quantitative estimate of drug-likeness (QED) is 0.784. The van der Waals surface area contributed by atoms with E-state index in [-0.39, 0.29) is 5.82 Å². The minimum absolute atomic E-state index is 0.264. The van der Waals surface area contributed by atoms with E-state index in [9.17, 15) is 4.39 Å². The van der Waals surface area contributed by atoms with Crippen LogP contribution in [0.15, 0.2) is 12.1 Å². The maximum absolute atomic E-state index is 13.8. The van der Waals surface area contributed by atoms with Gasteiger partial charge in [-0.1, -0.05) is 0 Å². The average molecular weight is 224 g/mol. The second kappa shape index (κ2) is 4.60. The molecule has 0 unspecified atom stereocenters. The summed E-state index contributed by atoms with van der Waals surface area (Å²) >= 11 is 0. The van der Waals surface area contributed by atoms with Gasteiger partial charge < -0.3 is 15.4 Å². The Bertz CT molecular complexity index is 376. The molecule has 0 aromatic heterocycles. The van der Waals surface area contributed by atoms with Crippen LogP contribution in [0.5, 0.6) is 5.75 Å². The molecular weight excluding hydrogens is 207 g/mol. The Kier molecular flexibility index (Phi) is 3.17. The van der Waals surface area contributed by atoms with Gasteiger partial charge in [-0.25, -0.2) is 4.39 Å². The third kappa shape index (κ3) is 2.05. The van der Waals surface area contributed by atoms with Gasteiger partial charge in [0.2, 0.25) is 0 Å². The van der Waals surface area contributed by atoms with Crippen molar-refractivity contribution in [3.05, 3.63) is 17.9 Å². The molecule has 0 amide bonds. The lowest BCUT2D eigenvalue weighted by atomic mass is 10.1. The summed E-state index contributed by atoms with van der Waals surface area (Å²) in [5.41, 5.74) is 6.60. The number of halogens is 1. The van der Waals surface area contributed by atoms with Gasteiger partial charge in [-0.05, 0) is 19.3 Å². The summed E-state index contributed by atoms with van der Waals surface area (Å²) in [7, 11) is 1.55. The number of nitrogen functional groups attached to an aromatic ring is 1. The maximum Gasteiger partial charge on any atom is 0.148 e. The fraction of sp³-hybridized carbons (Fsp3) is 0.500. The van der Waals surface area contributed by atoms with Crippen LogP contribution in [0.4, 0.5) is 15.8 Å². The summed E-state index contributed by atoms with van der Waals surface area (Å²) in [5.74, 6) is 0.280. The molecule has 1 fully saturated rings. The molecule has 3 nitrogen and oxygen atoms in total.